The summed E-state index contributed by atoms with van der Waals surface area (Å²) in [6.07, 6.45) is 0. The minimum absolute atomic E-state index is 0.218. The summed E-state index contributed by atoms with van der Waals surface area (Å²) in [5, 5.41) is 2.86. The van der Waals surface area contributed by atoms with Gasteiger partial charge in [-0.3, -0.25) is 9.69 Å². The summed E-state index contributed by atoms with van der Waals surface area (Å²) in [6.45, 7) is 7.84. The highest BCUT2D eigenvalue weighted by Crippen LogP contribution is 2.08. The second-order valence-electron chi connectivity index (χ2n) is 5.41. The highest BCUT2D eigenvalue weighted by Gasteiger charge is 2.07. The number of nitrogen functional groups attached to an aromatic ring is 1. The second-order valence-corrected chi connectivity index (χ2v) is 5.41. The maximum atomic E-state index is 12.0. The standard InChI is InChI=1S/C18H24N4O/c1-3-22(4-2)13-15-10-8-14(9-11-15)12-20-18(23)16-6-5-7-17(19)21-16/h5-11H,3-4,12-13H2,1-2H3,(H2,19,21)(H,20,23). The number of rotatable bonds is 7. The van der Waals surface area contributed by atoms with Crippen LogP contribution in [0.25, 0.3) is 0 Å². The Morgan fingerprint density at radius 1 is 1.09 bits per heavy atom. The Morgan fingerprint density at radius 3 is 2.35 bits per heavy atom. The number of anilines is 1. The smallest absolute Gasteiger partial charge is 0.270 e. The Hall–Kier alpha value is -2.40. The van der Waals surface area contributed by atoms with Gasteiger partial charge in [-0.2, -0.15) is 0 Å². The van der Waals surface area contributed by atoms with Gasteiger partial charge in [0, 0.05) is 13.1 Å². The SMILES string of the molecule is CCN(CC)Cc1ccc(CNC(=O)c2cccc(N)n2)cc1. The van der Waals surface area contributed by atoms with Crippen molar-refractivity contribution in [2.24, 2.45) is 0 Å². The van der Waals surface area contributed by atoms with Gasteiger partial charge >= 0.3 is 0 Å². The van der Waals surface area contributed by atoms with E-state index in [1.807, 2.05) is 12.1 Å². The van der Waals surface area contributed by atoms with Crippen LogP contribution in [-0.2, 0) is 13.1 Å². The molecule has 0 fully saturated rings. The summed E-state index contributed by atoms with van der Waals surface area (Å²) in [5.74, 6) is 0.128. The van der Waals surface area contributed by atoms with Gasteiger partial charge in [0.1, 0.15) is 11.5 Å². The van der Waals surface area contributed by atoms with E-state index in [2.05, 4.69) is 41.2 Å². The maximum absolute atomic E-state index is 12.0. The van der Waals surface area contributed by atoms with Crippen molar-refractivity contribution in [2.75, 3.05) is 18.8 Å². The van der Waals surface area contributed by atoms with Gasteiger partial charge in [-0.1, -0.05) is 44.2 Å². The molecule has 2 aromatic rings. The van der Waals surface area contributed by atoms with E-state index in [-0.39, 0.29) is 5.91 Å². The third-order valence-corrected chi connectivity index (χ3v) is 3.78. The number of amides is 1. The molecule has 0 spiro atoms. The van der Waals surface area contributed by atoms with Crippen LogP contribution in [0.4, 0.5) is 5.82 Å². The first kappa shape index (κ1) is 17.0. The van der Waals surface area contributed by atoms with Gasteiger partial charge < -0.3 is 11.1 Å². The lowest BCUT2D eigenvalue weighted by Gasteiger charge is -2.18. The number of carbonyl (C=O) groups excluding carboxylic acids is 1. The van der Waals surface area contributed by atoms with Gasteiger partial charge in [0.05, 0.1) is 0 Å². The highest BCUT2D eigenvalue weighted by molar-refractivity contribution is 5.92. The molecular weight excluding hydrogens is 288 g/mol. The van der Waals surface area contributed by atoms with E-state index >= 15 is 0 Å². The predicted octanol–water partition coefficient (Wildman–Crippen LogP) is 2.44. The lowest BCUT2D eigenvalue weighted by atomic mass is 10.1. The third kappa shape index (κ3) is 5.07. The molecule has 122 valence electrons. The molecule has 0 unspecified atom stereocenters. The van der Waals surface area contributed by atoms with Crippen LogP contribution < -0.4 is 11.1 Å². The Bertz CT molecular complexity index is 636. The zero-order chi connectivity index (χ0) is 16.7. The first-order valence-corrected chi connectivity index (χ1v) is 7.93. The zero-order valence-electron chi connectivity index (χ0n) is 13.7. The van der Waals surface area contributed by atoms with Crippen molar-refractivity contribution < 1.29 is 4.79 Å². The number of pyridine rings is 1. The summed E-state index contributed by atoms with van der Waals surface area (Å²) in [4.78, 5) is 18.4. The van der Waals surface area contributed by atoms with Crippen LogP contribution in [0.3, 0.4) is 0 Å². The molecule has 5 heteroatoms. The predicted molar refractivity (Wildman–Crippen MR) is 92.9 cm³/mol. The number of carbonyl (C=O) groups is 1. The Balaban J connectivity index is 1.90. The lowest BCUT2D eigenvalue weighted by molar-refractivity contribution is 0.0946. The monoisotopic (exact) mass is 312 g/mol. The fraction of sp³-hybridized carbons (Fsp3) is 0.333. The van der Waals surface area contributed by atoms with E-state index in [4.69, 9.17) is 5.73 Å². The molecule has 0 aliphatic heterocycles. The number of nitrogens with zero attached hydrogens (tertiary/aromatic N) is 2. The molecule has 0 atom stereocenters. The van der Waals surface area contributed by atoms with Crippen LogP contribution in [0.5, 0.6) is 0 Å². The first-order valence-electron chi connectivity index (χ1n) is 7.93. The highest BCUT2D eigenvalue weighted by atomic mass is 16.1. The van der Waals surface area contributed by atoms with Crippen LogP contribution in [0, 0.1) is 0 Å². The van der Waals surface area contributed by atoms with E-state index in [1.54, 1.807) is 18.2 Å². The Labute approximate surface area is 137 Å². The van der Waals surface area contributed by atoms with E-state index in [1.165, 1.54) is 5.56 Å². The van der Waals surface area contributed by atoms with Crippen LogP contribution in [0.2, 0.25) is 0 Å². The third-order valence-electron chi connectivity index (χ3n) is 3.78. The van der Waals surface area contributed by atoms with Crippen molar-refractivity contribution >= 4 is 11.7 Å². The molecule has 0 aliphatic carbocycles. The molecule has 0 bridgehead atoms. The summed E-state index contributed by atoms with van der Waals surface area (Å²) in [7, 11) is 0. The molecule has 0 saturated carbocycles. The molecule has 1 aromatic heterocycles. The number of nitrogens with one attached hydrogen (secondary N) is 1. The summed E-state index contributed by atoms with van der Waals surface area (Å²) < 4.78 is 0. The molecule has 1 amide bonds. The van der Waals surface area contributed by atoms with Gasteiger partial charge in [-0.05, 0) is 36.3 Å². The minimum Gasteiger partial charge on any atom is -0.384 e. The molecule has 3 N–H and O–H groups in total. The Kier molecular flexibility index (Phi) is 6.11. The van der Waals surface area contributed by atoms with Crippen LogP contribution >= 0.6 is 0 Å². The lowest BCUT2D eigenvalue weighted by Crippen LogP contribution is -2.24. The first-order chi connectivity index (χ1) is 11.1. The number of aromatic nitrogens is 1. The van der Waals surface area contributed by atoms with Crippen molar-refractivity contribution in [3.63, 3.8) is 0 Å². The van der Waals surface area contributed by atoms with Crippen molar-refractivity contribution in [1.29, 1.82) is 0 Å². The van der Waals surface area contributed by atoms with Gasteiger partial charge in [-0.25, -0.2) is 4.98 Å². The summed E-state index contributed by atoms with van der Waals surface area (Å²) in [6, 6.07) is 13.3. The molecule has 0 aliphatic rings. The molecule has 1 aromatic carbocycles. The number of hydrogen-bond donors (Lipinski definition) is 2. The molecule has 0 saturated heterocycles. The largest absolute Gasteiger partial charge is 0.384 e. The topological polar surface area (TPSA) is 71.2 Å². The van der Waals surface area contributed by atoms with E-state index in [0.29, 0.717) is 18.1 Å². The normalized spacial score (nSPS) is 10.7. The van der Waals surface area contributed by atoms with E-state index < -0.39 is 0 Å². The quantitative estimate of drug-likeness (QED) is 0.824. The minimum atomic E-state index is -0.218. The number of benzene rings is 1. The second kappa shape index (κ2) is 8.29. The molecule has 2 rings (SSSR count). The van der Waals surface area contributed by atoms with Crippen molar-refractivity contribution in [2.45, 2.75) is 26.9 Å². The van der Waals surface area contributed by atoms with Crippen LogP contribution in [0.1, 0.15) is 35.5 Å². The van der Waals surface area contributed by atoms with Gasteiger partial charge in [-0.15, -0.1) is 0 Å². The summed E-state index contributed by atoms with van der Waals surface area (Å²) >= 11 is 0. The molecule has 1 heterocycles. The van der Waals surface area contributed by atoms with E-state index in [0.717, 1.165) is 25.2 Å². The van der Waals surface area contributed by atoms with Gasteiger partial charge in [0.2, 0.25) is 0 Å². The van der Waals surface area contributed by atoms with Crippen LogP contribution in [-0.4, -0.2) is 28.9 Å². The zero-order valence-corrected chi connectivity index (χ0v) is 13.7. The van der Waals surface area contributed by atoms with Crippen molar-refractivity contribution in [3.8, 4) is 0 Å². The Morgan fingerprint density at radius 2 is 1.74 bits per heavy atom. The fourth-order valence-corrected chi connectivity index (χ4v) is 2.32. The molecule has 5 nitrogen and oxygen atoms in total. The molecular formula is C18H24N4O. The van der Waals surface area contributed by atoms with Crippen molar-refractivity contribution in [3.05, 3.63) is 59.3 Å². The van der Waals surface area contributed by atoms with E-state index in [9.17, 15) is 4.79 Å². The maximum Gasteiger partial charge on any atom is 0.270 e. The van der Waals surface area contributed by atoms with Crippen LogP contribution in [0.15, 0.2) is 42.5 Å². The van der Waals surface area contributed by atoms with Crippen molar-refractivity contribution in [1.82, 2.24) is 15.2 Å². The number of hydrogen-bond acceptors (Lipinski definition) is 4. The average molecular weight is 312 g/mol. The fourth-order valence-electron chi connectivity index (χ4n) is 2.32. The van der Waals surface area contributed by atoms with Gasteiger partial charge in [0.15, 0.2) is 0 Å². The molecule has 0 radical (unpaired) electrons. The molecule has 23 heavy (non-hydrogen) atoms. The van der Waals surface area contributed by atoms with Gasteiger partial charge in [0.25, 0.3) is 5.91 Å². The summed E-state index contributed by atoms with van der Waals surface area (Å²) in [5.41, 5.74) is 8.26. The number of nitrogens with two attached hydrogens (primary N) is 1. The average Bonchev–Trinajstić information content (AvgIpc) is 2.58.